The molecule has 0 heterocycles. The first kappa shape index (κ1) is 22.0. The Bertz CT molecular complexity index is 700. The molecule has 0 saturated heterocycles. The molecule has 0 aromatic heterocycles. The van der Waals surface area contributed by atoms with Crippen LogP contribution >= 0.6 is 0 Å². The van der Waals surface area contributed by atoms with Gasteiger partial charge in [-0.25, -0.2) is 4.39 Å². The summed E-state index contributed by atoms with van der Waals surface area (Å²) in [5, 5.41) is 6.54. The number of nitrogens with zero attached hydrogens (tertiary/aromatic N) is 2. The second-order valence-corrected chi connectivity index (χ2v) is 7.64. The Morgan fingerprint density at radius 2 is 2.04 bits per heavy atom. The molecule has 1 saturated carbocycles. The number of halogens is 1. The molecule has 1 unspecified atom stereocenters. The predicted molar refractivity (Wildman–Crippen MR) is 110 cm³/mol. The SMILES string of the molecule is CCNC(=NCC1(C(=O)N(C)C)CCCC1)NC(C)c1ccc(OC)c(F)c1. The molecule has 1 atom stereocenters. The number of amides is 1. The molecule has 2 rings (SSSR count). The van der Waals surface area contributed by atoms with E-state index in [2.05, 4.69) is 10.6 Å². The van der Waals surface area contributed by atoms with Crippen molar-refractivity contribution in [3.63, 3.8) is 0 Å². The molecule has 2 N–H and O–H groups in total. The maximum absolute atomic E-state index is 14.0. The molecule has 1 fully saturated rings. The maximum Gasteiger partial charge on any atom is 0.230 e. The second-order valence-electron chi connectivity index (χ2n) is 7.64. The number of aliphatic imine (C=N–C) groups is 1. The molecule has 1 aliphatic rings. The third-order valence-corrected chi connectivity index (χ3v) is 5.33. The fourth-order valence-electron chi connectivity index (χ4n) is 3.76. The standard InChI is InChI=1S/C21H33FN4O2/c1-6-23-20(24-14-21(11-7-8-12-21)19(27)26(3)4)25-15(2)16-9-10-18(28-5)17(22)13-16/h9-10,13,15H,6-8,11-12,14H2,1-5H3,(H2,23,24,25). The minimum Gasteiger partial charge on any atom is -0.494 e. The third kappa shape index (κ3) is 5.14. The van der Waals surface area contributed by atoms with Crippen LogP contribution in [0.1, 0.15) is 51.1 Å². The molecule has 0 bridgehead atoms. The first-order valence-electron chi connectivity index (χ1n) is 9.93. The van der Waals surface area contributed by atoms with Gasteiger partial charge in [0, 0.05) is 20.6 Å². The van der Waals surface area contributed by atoms with Crippen LogP contribution in [-0.4, -0.2) is 51.1 Å². The van der Waals surface area contributed by atoms with Crippen molar-refractivity contribution in [2.75, 3.05) is 34.3 Å². The van der Waals surface area contributed by atoms with Crippen LogP contribution in [0.15, 0.2) is 23.2 Å². The lowest BCUT2D eigenvalue weighted by Crippen LogP contribution is -2.43. The quantitative estimate of drug-likeness (QED) is 0.553. The predicted octanol–water partition coefficient (Wildman–Crippen LogP) is 3.10. The van der Waals surface area contributed by atoms with E-state index in [1.165, 1.54) is 13.2 Å². The van der Waals surface area contributed by atoms with Crippen molar-refractivity contribution in [3.05, 3.63) is 29.6 Å². The van der Waals surface area contributed by atoms with Gasteiger partial charge in [-0.2, -0.15) is 0 Å². The molecule has 0 radical (unpaired) electrons. The maximum atomic E-state index is 14.0. The van der Waals surface area contributed by atoms with E-state index >= 15 is 0 Å². The van der Waals surface area contributed by atoms with Gasteiger partial charge < -0.3 is 20.3 Å². The van der Waals surface area contributed by atoms with Gasteiger partial charge in [-0.05, 0) is 44.4 Å². The van der Waals surface area contributed by atoms with Crippen LogP contribution in [0.2, 0.25) is 0 Å². The van der Waals surface area contributed by atoms with Gasteiger partial charge in [0.15, 0.2) is 17.5 Å². The molecule has 1 aliphatic carbocycles. The van der Waals surface area contributed by atoms with Gasteiger partial charge in [-0.3, -0.25) is 9.79 Å². The summed E-state index contributed by atoms with van der Waals surface area (Å²) in [5.41, 5.74) is 0.380. The van der Waals surface area contributed by atoms with Gasteiger partial charge in [-0.15, -0.1) is 0 Å². The molecule has 7 heteroatoms. The van der Waals surface area contributed by atoms with Crippen LogP contribution in [0.25, 0.3) is 0 Å². The summed E-state index contributed by atoms with van der Waals surface area (Å²) >= 11 is 0. The zero-order chi connectivity index (χ0) is 20.7. The molecule has 1 aromatic carbocycles. The lowest BCUT2D eigenvalue weighted by Gasteiger charge is -2.29. The van der Waals surface area contributed by atoms with Gasteiger partial charge in [0.1, 0.15) is 0 Å². The van der Waals surface area contributed by atoms with Crippen molar-refractivity contribution in [1.82, 2.24) is 15.5 Å². The Balaban J connectivity index is 2.15. The van der Waals surface area contributed by atoms with Crippen molar-refractivity contribution < 1.29 is 13.9 Å². The molecule has 156 valence electrons. The van der Waals surface area contributed by atoms with E-state index in [0.717, 1.165) is 31.2 Å². The van der Waals surface area contributed by atoms with Crippen LogP contribution in [-0.2, 0) is 4.79 Å². The summed E-state index contributed by atoms with van der Waals surface area (Å²) in [6.07, 6.45) is 3.85. The Morgan fingerprint density at radius 1 is 1.36 bits per heavy atom. The lowest BCUT2D eigenvalue weighted by atomic mass is 9.85. The normalized spacial score (nSPS) is 17.1. The van der Waals surface area contributed by atoms with E-state index in [4.69, 9.17) is 9.73 Å². The van der Waals surface area contributed by atoms with Crippen LogP contribution < -0.4 is 15.4 Å². The van der Waals surface area contributed by atoms with E-state index in [1.54, 1.807) is 25.1 Å². The number of methoxy groups -OCH3 is 1. The van der Waals surface area contributed by atoms with Crippen molar-refractivity contribution in [3.8, 4) is 5.75 Å². The fourth-order valence-corrected chi connectivity index (χ4v) is 3.76. The Labute approximate surface area is 167 Å². The van der Waals surface area contributed by atoms with Crippen molar-refractivity contribution in [1.29, 1.82) is 0 Å². The number of carbonyl (C=O) groups is 1. The molecule has 6 nitrogen and oxygen atoms in total. The minimum absolute atomic E-state index is 0.148. The summed E-state index contributed by atoms with van der Waals surface area (Å²) in [7, 11) is 5.05. The highest BCUT2D eigenvalue weighted by Crippen LogP contribution is 2.39. The average molecular weight is 393 g/mol. The highest BCUT2D eigenvalue weighted by Gasteiger charge is 2.42. The van der Waals surface area contributed by atoms with E-state index in [1.807, 2.05) is 19.9 Å². The van der Waals surface area contributed by atoms with Crippen molar-refractivity contribution in [2.45, 2.75) is 45.6 Å². The number of guanidine groups is 1. The summed E-state index contributed by atoms with van der Waals surface area (Å²) < 4.78 is 19.0. The lowest BCUT2D eigenvalue weighted by molar-refractivity contribution is -0.138. The summed E-state index contributed by atoms with van der Waals surface area (Å²) in [4.78, 5) is 19.1. The average Bonchev–Trinajstić information content (AvgIpc) is 3.15. The monoisotopic (exact) mass is 392 g/mol. The molecule has 1 amide bonds. The third-order valence-electron chi connectivity index (χ3n) is 5.33. The topological polar surface area (TPSA) is 66.0 Å². The summed E-state index contributed by atoms with van der Waals surface area (Å²) in [5.74, 6) is 0.609. The van der Waals surface area contributed by atoms with E-state index < -0.39 is 11.2 Å². The number of ether oxygens (including phenoxy) is 1. The number of benzene rings is 1. The second kappa shape index (κ2) is 9.75. The van der Waals surface area contributed by atoms with Gasteiger partial charge in [-0.1, -0.05) is 18.9 Å². The summed E-state index contributed by atoms with van der Waals surface area (Å²) in [6, 6.07) is 4.77. The number of hydrogen-bond donors (Lipinski definition) is 2. The summed E-state index contributed by atoms with van der Waals surface area (Å²) in [6.45, 7) is 5.09. The van der Waals surface area contributed by atoms with Gasteiger partial charge >= 0.3 is 0 Å². The highest BCUT2D eigenvalue weighted by molar-refractivity contribution is 5.84. The number of hydrogen-bond acceptors (Lipinski definition) is 3. The Hall–Kier alpha value is -2.31. The highest BCUT2D eigenvalue weighted by atomic mass is 19.1. The van der Waals surface area contributed by atoms with Gasteiger partial charge in [0.25, 0.3) is 0 Å². The zero-order valence-electron chi connectivity index (χ0n) is 17.6. The fraction of sp³-hybridized carbons (Fsp3) is 0.619. The van der Waals surface area contributed by atoms with Crippen molar-refractivity contribution in [2.24, 2.45) is 10.4 Å². The minimum atomic E-state index is -0.415. The Kier molecular flexibility index (Phi) is 7.66. The van der Waals surface area contributed by atoms with E-state index in [0.29, 0.717) is 19.0 Å². The van der Waals surface area contributed by atoms with E-state index in [9.17, 15) is 9.18 Å². The zero-order valence-corrected chi connectivity index (χ0v) is 17.6. The Morgan fingerprint density at radius 3 is 2.57 bits per heavy atom. The molecular weight excluding hydrogens is 359 g/mol. The molecular formula is C21H33FN4O2. The van der Waals surface area contributed by atoms with E-state index in [-0.39, 0.29) is 17.7 Å². The van der Waals surface area contributed by atoms with Crippen LogP contribution in [0.4, 0.5) is 4.39 Å². The number of nitrogens with one attached hydrogen (secondary N) is 2. The molecule has 28 heavy (non-hydrogen) atoms. The van der Waals surface area contributed by atoms with Gasteiger partial charge in [0.2, 0.25) is 5.91 Å². The van der Waals surface area contributed by atoms with Crippen LogP contribution in [0.5, 0.6) is 5.75 Å². The largest absolute Gasteiger partial charge is 0.494 e. The first-order chi connectivity index (χ1) is 13.3. The van der Waals surface area contributed by atoms with Crippen LogP contribution in [0.3, 0.4) is 0 Å². The van der Waals surface area contributed by atoms with Crippen LogP contribution in [0, 0.1) is 11.2 Å². The first-order valence-corrected chi connectivity index (χ1v) is 9.93. The molecule has 0 aliphatic heterocycles. The number of carbonyl (C=O) groups excluding carboxylic acids is 1. The molecule has 0 spiro atoms. The number of rotatable bonds is 7. The van der Waals surface area contributed by atoms with Gasteiger partial charge in [0.05, 0.1) is 25.1 Å². The molecule has 1 aromatic rings. The smallest absolute Gasteiger partial charge is 0.230 e. The van der Waals surface area contributed by atoms with Crippen molar-refractivity contribution >= 4 is 11.9 Å².